The Morgan fingerprint density at radius 3 is 3.00 bits per heavy atom. The Bertz CT molecular complexity index is 434. The van der Waals surface area contributed by atoms with Gasteiger partial charge in [0, 0.05) is 4.47 Å². The topological polar surface area (TPSA) is 52.9 Å². The molecule has 64 valence electrons. The third-order valence-electron chi connectivity index (χ3n) is 1.92. The molecule has 0 bridgehead atoms. The van der Waals surface area contributed by atoms with Crippen LogP contribution in [0.1, 0.15) is 11.1 Å². The number of rotatable bonds is 0. The maximum atomic E-state index is 11.0. The van der Waals surface area contributed by atoms with E-state index >= 15 is 0 Å². The SMILES string of the molecule is N#Cc1cc(Br)cc2c1NC(=O)C2. The van der Waals surface area contributed by atoms with Crippen molar-refractivity contribution in [3.05, 3.63) is 27.7 Å². The molecule has 4 heteroatoms. The molecule has 1 aliphatic heterocycles. The molecular formula is C9H5BrN2O. The van der Waals surface area contributed by atoms with E-state index in [1.54, 1.807) is 6.07 Å². The minimum atomic E-state index is -0.0513. The molecule has 0 aromatic heterocycles. The molecule has 0 saturated carbocycles. The van der Waals surface area contributed by atoms with Crippen LogP contribution in [-0.2, 0) is 11.2 Å². The number of benzene rings is 1. The van der Waals surface area contributed by atoms with Crippen LogP contribution in [0.4, 0.5) is 5.69 Å². The number of anilines is 1. The van der Waals surface area contributed by atoms with Crippen LogP contribution in [-0.4, -0.2) is 5.91 Å². The van der Waals surface area contributed by atoms with E-state index in [1.807, 2.05) is 12.1 Å². The Hall–Kier alpha value is -1.34. The number of amides is 1. The number of carbonyl (C=O) groups excluding carboxylic acids is 1. The summed E-state index contributed by atoms with van der Waals surface area (Å²) in [5, 5.41) is 11.5. The number of nitrogens with one attached hydrogen (secondary N) is 1. The molecule has 0 fully saturated rings. The van der Waals surface area contributed by atoms with Crippen molar-refractivity contribution in [2.45, 2.75) is 6.42 Å². The molecule has 3 nitrogen and oxygen atoms in total. The summed E-state index contributed by atoms with van der Waals surface area (Å²) in [6.45, 7) is 0. The lowest BCUT2D eigenvalue weighted by molar-refractivity contribution is -0.115. The van der Waals surface area contributed by atoms with E-state index in [0.29, 0.717) is 17.7 Å². The second kappa shape index (κ2) is 2.86. The van der Waals surface area contributed by atoms with Gasteiger partial charge in [0.2, 0.25) is 5.91 Å². The molecule has 1 aromatic rings. The molecule has 0 aliphatic carbocycles. The van der Waals surface area contributed by atoms with Crippen molar-refractivity contribution in [2.75, 3.05) is 5.32 Å². The Labute approximate surface area is 83.5 Å². The van der Waals surface area contributed by atoms with E-state index in [0.717, 1.165) is 10.0 Å². The summed E-state index contributed by atoms with van der Waals surface area (Å²) >= 11 is 3.29. The van der Waals surface area contributed by atoms with Crippen LogP contribution in [0.15, 0.2) is 16.6 Å². The number of hydrogen-bond donors (Lipinski definition) is 1. The molecule has 1 aromatic carbocycles. The van der Waals surface area contributed by atoms with Crippen LogP contribution in [0.25, 0.3) is 0 Å². The summed E-state index contributed by atoms with van der Waals surface area (Å²) < 4.78 is 0.833. The van der Waals surface area contributed by atoms with E-state index in [9.17, 15) is 4.79 Å². The van der Waals surface area contributed by atoms with Gasteiger partial charge in [0.05, 0.1) is 17.7 Å². The third kappa shape index (κ3) is 1.31. The van der Waals surface area contributed by atoms with Gasteiger partial charge in [0.15, 0.2) is 0 Å². The van der Waals surface area contributed by atoms with Gasteiger partial charge in [-0.3, -0.25) is 4.79 Å². The van der Waals surface area contributed by atoms with Gasteiger partial charge in [0.1, 0.15) is 6.07 Å². The Balaban J connectivity index is 2.64. The molecule has 13 heavy (non-hydrogen) atoms. The highest BCUT2D eigenvalue weighted by Crippen LogP contribution is 2.30. The molecule has 1 aliphatic rings. The van der Waals surface area contributed by atoms with Crippen molar-refractivity contribution in [3.63, 3.8) is 0 Å². The summed E-state index contributed by atoms with van der Waals surface area (Å²) in [5.41, 5.74) is 2.06. The van der Waals surface area contributed by atoms with Crippen LogP contribution in [0.5, 0.6) is 0 Å². The Morgan fingerprint density at radius 1 is 1.54 bits per heavy atom. The molecule has 0 spiro atoms. The van der Waals surface area contributed by atoms with Crippen molar-refractivity contribution < 1.29 is 4.79 Å². The zero-order valence-electron chi connectivity index (χ0n) is 6.60. The number of nitriles is 1. The monoisotopic (exact) mass is 236 g/mol. The van der Waals surface area contributed by atoms with Gasteiger partial charge in [-0.25, -0.2) is 0 Å². The minimum absolute atomic E-state index is 0.0513. The average molecular weight is 237 g/mol. The fourth-order valence-corrected chi connectivity index (χ4v) is 1.90. The molecule has 1 amide bonds. The molecule has 1 heterocycles. The van der Waals surface area contributed by atoms with E-state index < -0.39 is 0 Å². The second-order valence-electron chi connectivity index (χ2n) is 2.82. The standard InChI is InChI=1S/C9H5BrN2O/c10-7-1-5-3-8(13)12-9(5)6(2-7)4-11/h1-2H,3H2,(H,12,13). The summed E-state index contributed by atoms with van der Waals surface area (Å²) in [6.07, 6.45) is 0.365. The van der Waals surface area contributed by atoms with Crippen LogP contribution in [0, 0.1) is 11.3 Å². The quantitative estimate of drug-likeness (QED) is 0.748. The number of carbonyl (C=O) groups is 1. The zero-order valence-corrected chi connectivity index (χ0v) is 8.18. The van der Waals surface area contributed by atoms with E-state index in [-0.39, 0.29) is 5.91 Å². The maximum Gasteiger partial charge on any atom is 0.228 e. The predicted octanol–water partition coefficient (Wildman–Crippen LogP) is 1.82. The van der Waals surface area contributed by atoms with Gasteiger partial charge in [-0.1, -0.05) is 15.9 Å². The smallest absolute Gasteiger partial charge is 0.228 e. The van der Waals surface area contributed by atoms with E-state index in [2.05, 4.69) is 21.2 Å². The van der Waals surface area contributed by atoms with Gasteiger partial charge in [-0.2, -0.15) is 5.26 Å². The normalized spacial score (nSPS) is 13.4. The first-order valence-corrected chi connectivity index (χ1v) is 4.52. The minimum Gasteiger partial charge on any atom is -0.324 e. The summed E-state index contributed by atoms with van der Waals surface area (Å²) in [5.74, 6) is -0.0513. The average Bonchev–Trinajstić information content (AvgIpc) is 2.43. The highest BCUT2D eigenvalue weighted by atomic mass is 79.9. The Kier molecular flexibility index (Phi) is 1.82. The molecule has 0 radical (unpaired) electrons. The summed E-state index contributed by atoms with van der Waals surface area (Å²) in [4.78, 5) is 11.0. The first kappa shape index (κ1) is 8.27. The fourth-order valence-electron chi connectivity index (χ4n) is 1.40. The summed E-state index contributed by atoms with van der Waals surface area (Å²) in [7, 11) is 0. The van der Waals surface area contributed by atoms with E-state index in [4.69, 9.17) is 5.26 Å². The van der Waals surface area contributed by atoms with E-state index in [1.165, 1.54) is 0 Å². The number of hydrogen-bond acceptors (Lipinski definition) is 2. The predicted molar refractivity (Wildman–Crippen MR) is 51.2 cm³/mol. The second-order valence-corrected chi connectivity index (χ2v) is 3.74. The zero-order chi connectivity index (χ0) is 9.42. The number of fused-ring (bicyclic) bond motifs is 1. The van der Waals surface area contributed by atoms with Gasteiger partial charge in [-0.05, 0) is 17.7 Å². The highest BCUT2D eigenvalue weighted by molar-refractivity contribution is 9.10. The summed E-state index contributed by atoms with van der Waals surface area (Å²) in [6, 6.07) is 5.60. The van der Waals surface area contributed by atoms with Crippen LogP contribution in [0.3, 0.4) is 0 Å². The molecule has 0 atom stereocenters. The molecule has 1 N–H and O–H groups in total. The van der Waals surface area contributed by atoms with Gasteiger partial charge in [0.25, 0.3) is 0 Å². The maximum absolute atomic E-state index is 11.0. The Morgan fingerprint density at radius 2 is 2.31 bits per heavy atom. The highest BCUT2D eigenvalue weighted by Gasteiger charge is 2.21. The molecular weight excluding hydrogens is 232 g/mol. The number of nitrogens with zero attached hydrogens (tertiary/aromatic N) is 1. The van der Waals surface area contributed by atoms with Crippen LogP contribution in [0.2, 0.25) is 0 Å². The van der Waals surface area contributed by atoms with Gasteiger partial charge >= 0.3 is 0 Å². The van der Waals surface area contributed by atoms with Crippen molar-refractivity contribution in [1.82, 2.24) is 0 Å². The first-order valence-electron chi connectivity index (χ1n) is 3.73. The number of halogens is 1. The fraction of sp³-hybridized carbons (Fsp3) is 0.111. The largest absolute Gasteiger partial charge is 0.324 e. The lowest BCUT2D eigenvalue weighted by Crippen LogP contribution is -2.04. The lowest BCUT2D eigenvalue weighted by Gasteiger charge is -2.01. The van der Waals surface area contributed by atoms with Gasteiger partial charge in [-0.15, -0.1) is 0 Å². The van der Waals surface area contributed by atoms with Crippen molar-refractivity contribution in [2.24, 2.45) is 0 Å². The molecule has 0 saturated heterocycles. The lowest BCUT2D eigenvalue weighted by atomic mass is 10.1. The van der Waals surface area contributed by atoms with Crippen LogP contribution >= 0.6 is 15.9 Å². The van der Waals surface area contributed by atoms with Crippen LogP contribution < -0.4 is 5.32 Å². The van der Waals surface area contributed by atoms with Gasteiger partial charge < -0.3 is 5.32 Å². The van der Waals surface area contributed by atoms with Crippen molar-refractivity contribution in [1.29, 1.82) is 5.26 Å². The molecule has 2 rings (SSSR count). The third-order valence-corrected chi connectivity index (χ3v) is 2.38. The molecule has 0 unspecified atom stereocenters. The first-order chi connectivity index (χ1) is 6.20. The van der Waals surface area contributed by atoms with Crippen molar-refractivity contribution in [3.8, 4) is 6.07 Å². The van der Waals surface area contributed by atoms with Crippen molar-refractivity contribution >= 4 is 27.5 Å².